The van der Waals surface area contributed by atoms with E-state index in [4.69, 9.17) is 16.3 Å². The van der Waals surface area contributed by atoms with Crippen LogP contribution in [0.25, 0.3) is 10.9 Å². The third kappa shape index (κ3) is 2.71. The van der Waals surface area contributed by atoms with Crippen LogP contribution in [0.15, 0.2) is 30.5 Å². The van der Waals surface area contributed by atoms with Gasteiger partial charge in [-0.25, -0.2) is 0 Å². The van der Waals surface area contributed by atoms with E-state index in [0.29, 0.717) is 16.3 Å². The summed E-state index contributed by atoms with van der Waals surface area (Å²) in [6.45, 7) is -0.132. The Morgan fingerprint density at radius 3 is 2.91 bits per heavy atom. The molecule has 1 fully saturated rings. The Morgan fingerprint density at radius 2 is 2.26 bits per heavy atom. The molecule has 0 radical (unpaired) electrons. The van der Waals surface area contributed by atoms with Gasteiger partial charge in [0.05, 0.1) is 11.1 Å². The minimum atomic E-state index is -0.666. The summed E-state index contributed by atoms with van der Waals surface area (Å²) in [5.41, 5.74) is -0.0464. The van der Waals surface area contributed by atoms with Crippen LogP contribution in [0.4, 0.5) is 0 Å². The molecule has 0 N–H and O–H groups in total. The Labute approximate surface area is 139 Å². The van der Waals surface area contributed by atoms with Gasteiger partial charge in [0.25, 0.3) is 5.91 Å². The predicted octanol–water partition coefficient (Wildman–Crippen LogP) is 3.17. The highest BCUT2D eigenvalue weighted by Crippen LogP contribution is 2.36. The number of likely N-dealkylation sites (N-methyl/N-ethyl adjacent to an activating group) is 1. The molecule has 3 rings (SSSR count). The van der Waals surface area contributed by atoms with Crippen LogP contribution in [0.3, 0.4) is 0 Å². The number of fused-ring (bicyclic) bond motifs is 1. The zero-order valence-corrected chi connectivity index (χ0v) is 13.5. The van der Waals surface area contributed by atoms with Gasteiger partial charge in [-0.05, 0) is 43.5 Å². The van der Waals surface area contributed by atoms with E-state index in [-0.39, 0.29) is 12.5 Å². The van der Waals surface area contributed by atoms with E-state index in [9.17, 15) is 10.1 Å². The van der Waals surface area contributed by atoms with Crippen LogP contribution in [-0.4, -0.2) is 35.0 Å². The Hall–Kier alpha value is -2.32. The SMILES string of the molecule is CN(C(=O)COc1ccc(Cl)c2cccnc12)C1(C#N)CCC1. The van der Waals surface area contributed by atoms with Gasteiger partial charge in [-0.1, -0.05) is 11.6 Å². The fourth-order valence-corrected chi connectivity index (χ4v) is 2.95. The first-order chi connectivity index (χ1) is 11.1. The lowest BCUT2D eigenvalue weighted by Crippen LogP contribution is -2.54. The van der Waals surface area contributed by atoms with Crippen LogP contribution in [0.2, 0.25) is 5.02 Å². The predicted molar refractivity (Wildman–Crippen MR) is 87.2 cm³/mol. The Balaban J connectivity index is 1.75. The van der Waals surface area contributed by atoms with E-state index in [1.165, 1.54) is 4.90 Å². The van der Waals surface area contributed by atoms with Crippen LogP contribution >= 0.6 is 11.6 Å². The van der Waals surface area contributed by atoms with Crippen molar-refractivity contribution in [2.24, 2.45) is 0 Å². The zero-order valence-electron chi connectivity index (χ0n) is 12.8. The molecular formula is C17H16ClN3O2. The van der Waals surface area contributed by atoms with Crippen molar-refractivity contribution in [1.29, 1.82) is 5.26 Å². The van der Waals surface area contributed by atoms with E-state index in [1.807, 2.05) is 6.07 Å². The largest absolute Gasteiger partial charge is 0.481 e. The molecule has 6 heteroatoms. The number of hydrogen-bond donors (Lipinski definition) is 0. The molecule has 118 valence electrons. The molecule has 1 amide bonds. The van der Waals surface area contributed by atoms with Crippen molar-refractivity contribution < 1.29 is 9.53 Å². The smallest absolute Gasteiger partial charge is 0.261 e. The molecule has 0 saturated heterocycles. The summed E-state index contributed by atoms with van der Waals surface area (Å²) in [7, 11) is 1.66. The number of benzene rings is 1. The van der Waals surface area contributed by atoms with Crippen LogP contribution in [0.5, 0.6) is 5.75 Å². The molecule has 0 unspecified atom stereocenters. The highest BCUT2D eigenvalue weighted by molar-refractivity contribution is 6.35. The molecule has 1 heterocycles. The quantitative estimate of drug-likeness (QED) is 0.864. The Kier molecular flexibility index (Phi) is 4.10. The number of ether oxygens (including phenoxy) is 1. The lowest BCUT2D eigenvalue weighted by atomic mass is 9.77. The number of amides is 1. The summed E-state index contributed by atoms with van der Waals surface area (Å²) in [6, 6.07) is 9.32. The van der Waals surface area contributed by atoms with Crippen LogP contribution in [0, 0.1) is 11.3 Å². The van der Waals surface area contributed by atoms with Gasteiger partial charge < -0.3 is 9.64 Å². The minimum Gasteiger partial charge on any atom is -0.481 e. The maximum atomic E-state index is 12.3. The number of halogens is 1. The Bertz CT molecular complexity index is 796. The third-order valence-corrected chi connectivity index (χ3v) is 4.77. The number of aromatic nitrogens is 1. The van der Waals surface area contributed by atoms with E-state index in [0.717, 1.165) is 24.6 Å². The van der Waals surface area contributed by atoms with Crippen molar-refractivity contribution in [3.05, 3.63) is 35.5 Å². The minimum absolute atomic E-state index is 0.132. The van der Waals surface area contributed by atoms with Gasteiger partial charge >= 0.3 is 0 Å². The molecule has 1 saturated carbocycles. The van der Waals surface area contributed by atoms with Gasteiger partial charge in [0, 0.05) is 18.6 Å². The molecule has 0 spiro atoms. The van der Waals surface area contributed by atoms with Gasteiger partial charge in [0.1, 0.15) is 16.8 Å². The van der Waals surface area contributed by atoms with E-state index in [2.05, 4.69) is 11.1 Å². The van der Waals surface area contributed by atoms with Crippen molar-refractivity contribution in [3.8, 4) is 11.8 Å². The van der Waals surface area contributed by atoms with Crippen molar-refractivity contribution >= 4 is 28.4 Å². The van der Waals surface area contributed by atoms with Crippen molar-refractivity contribution in [1.82, 2.24) is 9.88 Å². The molecule has 1 aromatic heterocycles. The number of hydrogen-bond acceptors (Lipinski definition) is 4. The second kappa shape index (κ2) is 6.05. The summed E-state index contributed by atoms with van der Waals surface area (Å²) in [5.74, 6) is 0.289. The number of pyridine rings is 1. The molecular weight excluding hydrogens is 314 g/mol. The molecule has 23 heavy (non-hydrogen) atoms. The van der Waals surface area contributed by atoms with E-state index < -0.39 is 5.54 Å². The van der Waals surface area contributed by atoms with Gasteiger partial charge in [-0.2, -0.15) is 5.26 Å². The van der Waals surface area contributed by atoms with Crippen LogP contribution in [-0.2, 0) is 4.79 Å². The lowest BCUT2D eigenvalue weighted by Gasteiger charge is -2.42. The summed E-state index contributed by atoms with van der Waals surface area (Å²) in [5, 5.41) is 10.7. The van der Waals surface area contributed by atoms with Crippen LogP contribution in [0.1, 0.15) is 19.3 Å². The molecule has 0 aliphatic heterocycles. The van der Waals surface area contributed by atoms with Crippen molar-refractivity contribution in [3.63, 3.8) is 0 Å². The van der Waals surface area contributed by atoms with Gasteiger partial charge in [-0.15, -0.1) is 0 Å². The molecule has 2 aromatic rings. The Morgan fingerprint density at radius 1 is 1.48 bits per heavy atom. The van der Waals surface area contributed by atoms with E-state index >= 15 is 0 Å². The number of nitriles is 1. The van der Waals surface area contributed by atoms with E-state index in [1.54, 1.807) is 31.4 Å². The standard InChI is InChI=1S/C17H16ClN3O2/c1-21(17(11-19)7-3-8-17)15(22)10-23-14-6-5-13(18)12-4-2-9-20-16(12)14/h2,4-6,9H,3,7-8,10H2,1H3. The molecule has 0 bridgehead atoms. The average molecular weight is 330 g/mol. The first-order valence-corrected chi connectivity index (χ1v) is 7.79. The molecule has 5 nitrogen and oxygen atoms in total. The summed E-state index contributed by atoms with van der Waals surface area (Å²) in [6.07, 6.45) is 4.06. The zero-order chi connectivity index (χ0) is 16.4. The maximum Gasteiger partial charge on any atom is 0.261 e. The molecule has 1 aliphatic carbocycles. The van der Waals surface area contributed by atoms with Crippen molar-refractivity contribution in [2.45, 2.75) is 24.8 Å². The monoisotopic (exact) mass is 329 g/mol. The van der Waals surface area contributed by atoms with Gasteiger partial charge in [0.2, 0.25) is 0 Å². The van der Waals surface area contributed by atoms with Crippen molar-refractivity contribution in [2.75, 3.05) is 13.7 Å². The fraction of sp³-hybridized carbons (Fsp3) is 0.353. The number of rotatable bonds is 4. The average Bonchev–Trinajstić information content (AvgIpc) is 2.53. The number of carbonyl (C=O) groups is 1. The summed E-state index contributed by atoms with van der Waals surface area (Å²) < 4.78 is 5.64. The maximum absolute atomic E-state index is 12.3. The summed E-state index contributed by atoms with van der Waals surface area (Å²) >= 11 is 6.14. The summed E-state index contributed by atoms with van der Waals surface area (Å²) in [4.78, 5) is 18.1. The second-order valence-electron chi connectivity index (χ2n) is 5.68. The normalized spacial score (nSPS) is 15.5. The lowest BCUT2D eigenvalue weighted by molar-refractivity contribution is -0.138. The molecule has 1 aromatic carbocycles. The second-order valence-corrected chi connectivity index (χ2v) is 6.09. The number of carbonyl (C=O) groups excluding carboxylic acids is 1. The third-order valence-electron chi connectivity index (χ3n) is 4.44. The first kappa shape index (κ1) is 15.6. The van der Waals surface area contributed by atoms with Gasteiger partial charge in [-0.3, -0.25) is 9.78 Å². The first-order valence-electron chi connectivity index (χ1n) is 7.41. The van der Waals surface area contributed by atoms with Gasteiger partial charge in [0.15, 0.2) is 6.61 Å². The topological polar surface area (TPSA) is 66.2 Å². The fourth-order valence-electron chi connectivity index (χ4n) is 2.74. The molecule has 0 atom stereocenters. The number of nitrogens with zero attached hydrogens (tertiary/aromatic N) is 3. The van der Waals surface area contributed by atoms with Crippen LogP contribution < -0.4 is 4.74 Å². The molecule has 1 aliphatic rings. The highest BCUT2D eigenvalue weighted by Gasteiger charge is 2.43. The highest BCUT2D eigenvalue weighted by atomic mass is 35.5.